The van der Waals surface area contributed by atoms with Crippen LogP contribution >= 0.6 is 0 Å². The average Bonchev–Trinajstić information content (AvgIpc) is 3.22. The van der Waals surface area contributed by atoms with Crippen LogP contribution in [0, 0.1) is 23.0 Å². The van der Waals surface area contributed by atoms with Crippen LogP contribution < -0.4 is 5.32 Å². The number of carbonyl (C=O) groups is 2. The molecule has 0 saturated heterocycles. The minimum atomic E-state index is -1.40. The molecule has 112 valence electrons. The quantitative estimate of drug-likeness (QED) is 0.636. The van der Waals surface area contributed by atoms with Crippen molar-refractivity contribution in [1.82, 2.24) is 5.32 Å². The number of aliphatic carboxylic acids is 1. The molecule has 1 aromatic rings. The fraction of sp³-hybridized carbons (Fsp3) is 0.429. The number of aryl methyl sites for hydroxylation is 1. The Bertz CT molecular complexity index is 624. The molecule has 1 aliphatic rings. The first-order valence-corrected chi connectivity index (χ1v) is 6.57. The summed E-state index contributed by atoms with van der Waals surface area (Å²) in [5, 5.41) is 22.8. The number of nitrogens with zero attached hydrogens (tertiary/aromatic N) is 1. The van der Waals surface area contributed by atoms with E-state index < -0.39 is 22.3 Å². The van der Waals surface area contributed by atoms with Crippen LogP contribution in [0.15, 0.2) is 18.2 Å². The largest absolute Gasteiger partial charge is 0.480 e. The van der Waals surface area contributed by atoms with Gasteiger partial charge in [-0.2, -0.15) is 0 Å². The first-order valence-electron chi connectivity index (χ1n) is 6.57. The zero-order chi connectivity index (χ0) is 15.8. The predicted octanol–water partition coefficient (Wildman–Crippen LogP) is 1.89. The molecule has 1 aliphatic carbocycles. The zero-order valence-electron chi connectivity index (χ0n) is 11.8. The molecule has 2 N–H and O–H groups in total. The molecule has 7 heteroatoms. The van der Waals surface area contributed by atoms with Crippen molar-refractivity contribution >= 4 is 17.6 Å². The topological polar surface area (TPSA) is 110 Å². The summed E-state index contributed by atoms with van der Waals surface area (Å²) in [6.07, 6.45) is 1.44. The highest BCUT2D eigenvalue weighted by Crippen LogP contribution is 2.40. The number of nitrogens with one attached hydrogen (secondary N) is 1. The summed E-state index contributed by atoms with van der Waals surface area (Å²) in [5.41, 5.74) is -1.37. The lowest BCUT2D eigenvalue weighted by atomic mass is 9.94. The number of carboxylic acids is 1. The van der Waals surface area contributed by atoms with Gasteiger partial charge in [0.15, 0.2) is 0 Å². The Labute approximate surface area is 121 Å². The third-order valence-electron chi connectivity index (χ3n) is 3.89. The van der Waals surface area contributed by atoms with Crippen molar-refractivity contribution in [2.45, 2.75) is 32.2 Å². The summed E-state index contributed by atoms with van der Waals surface area (Å²) >= 11 is 0. The fourth-order valence-corrected chi connectivity index (χ4v) is 2.39. The Morgan fingerprint density at radius 2 is 2.05 bits per heavy atom. The molecule has 0 spiro atoms. The molecule has 1 amide bonds. The van der Waals surface area contributed by atoms with Crippen molar-refractivity contribution in [3.05, 3.63) is 39.4 Å². The maximum atomic E-state index is 12.4. The van der Waals surface area contributed by atoms with E-state index in [9.17, 15) is 24.8 Å². The van der Waals surface area contributed by atoms with Crippen LogP contribution in [0.3, 0.4) is 0 Å². The summed E-state index contributed by atoms with van der Waals surface area (Å²) in [6, 6.07) is 4.30. The van der Waals surface area contributed by atoms with Gasteiger partial charge in [-0.1, -0.05) is 12.1 Å². The van der Waals surface area contributed by atoms with E-state index in [0.717, 1.165) is 12.8 Å². The molecule has 1 unspecified atom stereocenters. The molecular weight excluding hydrogens is 276 g/mol. The number of hydrogen-bond acceptors (Lipinski definition) is 4. The van der Waals surface area contributed by atoms with Gasteiger partial charge in [0.2, 0.25) is 0 Å². The predicted molar refractivity (Wildman–Crippen MR) is 74.1 cm³/mol. The number of rotatable bonds is 5. The highest BCUT2D eigenvalue weighted by atomic mass is 16.6. The Kier molecular flexibility index (Phi) is 3.67. The van der Waals surface area contributed by atoms with Crippen LogP contribution in [0.4, 0.5) is 5.69 Å². The lowest BCUT2D eigenvalue weighted by Gasteiger charge is -2.26. The first-order chi connectivity index (χ1) is 9.77. The van der Waals surface area contributed by atoms with E-state index in [1.807, 2.05) is 0 Å². The summed E-state index contributed by atoms with van der Waals surface area (Å²) in [6.45, 7) is 3.02. The Hall–Kier alpha value is -2.44. The summed E-state index contributed by atoms with van der Waals surface area (Å²) in [5.74, 6) is -1.99. The monoisotopic (exact) mass is 292 g/mol. The van der Waals surface area contributed by atoms with Crippen molar-refractivity contribution in [3.8, 4) is 0 Å². The molecule has 0 radical (unpaired) electrons. The number of carbonyl (C=O) groups excluding carboxylic acids is 1. The Morgan fingerprint density at radius 3 is 2.52 bits per heavy atom. The van der Waals surface area contributed by atoms with E-state index in [1.165, 1.54) is 19.1 Å². The van der Waals surface area contributed by atoms with Crippen molar-refractivity contribution < 1.29 is 19.6 Å². The molecule has 1 fully saturated rings. The van der Waals surface area contributed by atoms with Gasteiger partial charge >= 0.3 is 5.97 Å². The van der Waals surface area contributed by atoms with Gasteiger partial charge in [0, 0.05) is 6.07 Å². The van der Waals surface area contributed by atoms with Gasteiger partial charge in [-0.05, 0) is 38.2 Å². The van der Waals surface area contributed by atoms with Crippen LogP contribution in [0.2, 0.25) is 0 Å². The lowest BCUT2D eigenvalue weighted by molar-refractivity contribution is -0.385. The second-order valence-electron chi connectivity index (χ2n) is 5.46. The van der Waals surface area contributed by atoms with E-state index in [-0.39, 0.29) is 17.2 Å². The number of carboxylic acid groups (broad SMARTS) is 1. The van der Waals surface area contributed by atoms with Gasteiger partial charge in [-0.25, -0.2) is 4.79 Å². The molecule has 0 aliphatic heterocycles. The van der Waals surface area contributed by atoms with Crippen molar-refractivity contribution in [1.29, 1.82) is 0 Å². The van der Waals surface area contributed by atoms with Gasteiger partial charge in [-0.3, -0.25) is 14.9 Å². The highest BCUT2D eigenvalue weighted by Gasteiger charge is 2.49. The molecule has 0 bridgehead atoms. The molecule has 1 atom stereocenters. The standard InChI is InChI=1S/C14H16N2O5/c1-8-4-3-5-10(16(20)21)11(8)12(17)15-14(2,13(18)19)9-6-7-9/h3-5,9H,6-7H2,1-2H3,(H,15,17)(H,18,19). The maximum absolute atomic E-state index is 12.4. The van der Waals surface area contributed by atoms with Gasteiger partial charge in [0.1, 0.15) is 11.1 Å². The molecule has 0 heterocycles. The van der Waals surface area contributed by atoms with Crippen LogP contribution in [0.25, 0.3) is 0 Å². The number of amides is 1. The van der Waals surface area contributed by atoms with Crippen LogP contribution in [-0.4, -0.2) is 27.4 Å². The summed E-state index contributed by atoms with van der Waals surface area (Å²) in [4.78, 5) is 34.2. The normalized spacial score (nSPS) is 16.9. The van der Waals surface area contributed by atoms with Crippen molar-refractivity contribution in [3.63, 3.8) is 0 Å². The minimum absolute atomic E-state index is 0.0874. The Morgan fingerprint density at radius 1 is 1.43 bits per heavy atom. The van der Waals surface area contributed by atoms with E-state index in [4.69, 9.17) is 0 Å². The molecule has 21 heavy (non-hydrogen) atoms. The van der Waals surface area contributed by atoms with E-state index in [2.05, 4.69) is 5.32 Å². The minimum Gasteiger partial charge on any atom is -0.480 e. The van der Waals surface area contributed by atoms with Gasteiger partial charge < -0.3 is 10.4 Å². The van der Waals surface area contributed by atoms with Gasteiger partial charge in [0.25, 0.3) is 11.6 Å². The van der Waals surface area contributed by atoms with Crippen molar-refractivity contribution in [2.75, 3.05) is 0 Å². The van der Waals surface area contributed by atoms with Gasteiger partial charge in [-0.15, -0.1) is 0 Å². The van der Waals surface area contributed by atoms with Crippen molar-refractivity contribution in [2.24, 2.45) is 5.92 Å². The van der Waals surface area contributed by atoms with E-state index in [0.29, 0.717) is 5.56 Å². The number of hydrogen-bond donors (Lipinski definition) is 2. The number of nitro benzene ring substituents is 1. The molecular formula is C14H16N2O5. The van der Waals surface area contributed by atoms with Crippen LogP contribution in [0.1, 0.15) is 35.7 Å². The molecule has 1 aromatic carbocycles. The second-order valence-corrected chi connectivity index (χ2v) is 5.46. The zero-order valence-corrected chi connectivity index (χ0v) is 11.8. The third-order valence-corrected chi connectivity index (χ3v) is 3.89. The van der Waals surface area contributed by atoms with Crippen LogP contribution in [0.5, 0.6) is 0 Å². The number of nitro groups is 1. The molecule has 7 nitrogen and oxygen atoms in total. The number of benzene rings is 1. The second kappa shape index (κ2) is 5.16. The lowest BCUT2D eigenvalue weighted by Crippen LogP contribution is -2.54. The summed E-state index contributed by atoms with van der Waals surface area (Å²) in [7, 11) is 0. The summed E-state index contributed by atoms with van der Waals surface area (Å²) < 4.78 is 0. The average molecular weight is 292 g/mol. The highest BCUT2D eigenvalue weighted by molar-refractivity contribution is 6.02. The van der Waals surface area contributed by atoms with E-state index >= 15 is 0 Å². The first kappa shape index (κ1) is 15.0. The molecule has 1 saturated carbocycles. The van der Waals surface area contributed by atoms with Crippen LogP contribution in [-0.2, 0) is 4.79 Å². The van der Waals surface area contributed by atoms with Gasteiger partial charge in [0.05, 0.1) is 4.92 Å². The molecule has 0 aromatic heterocycles. The molecule has 2 rings (SSSR count). The fourth-order valence-electron chi connectivity index (χ4n) is 2.39. The maximum Gasteiger partial charge on any atom is 0.329 e. The smallest absolute Gasteiger partial charge is 0.329 e. The van der Waals surface area contributed by atoms with E-state index in [1.54, 1.807) is 13.0 Å². The Balaban J connectivity index is 2.37. The SMILES string of the molecule is Cc1cccc([N+](=O)[O-])c1C(=O)NC(C)(C(=O)O)C1CC1. The third kappa shape index (κ3) is 2.72.